The van der Waals surface area contributed by atoms with Crippen molar-refractivity contribution >= 4 is 21.6 Å². The summed E-state index contributed by atoms with van der Waals surface area (Å²) in [7, 11) is -3.42. The third-order valence-corrected chi connectivity index (χ3v) is 6.14. The van der Waals surface area contributed by atoms with Crippen LogP contribution < -0.4 is 0 Å². The van der Waals surface area contributed by atoms with Gasteiger partial charge in [0.15, 0.2) is 0 Å². The fourth-order valence-corrected chi connectivity index (χ4v) is 4.18. The summed E-state index contributed by atoms with van der Waals surface area (Å²) in [6.07, 6.45) is 8.63. The molecule has 0 radical (unpaired) electrons. The van der Waals surface area contributed by atoms with E-state index < -0.39 is 10.0 Å². The van der Waals surface area contributed by atoms with Crippen molar-refractivity contribution in [2.45, 2.75) is 70.1 Å². The molecule has 1 rings (SSSR count). The normalized spacial score (nSPS) is 12.0. The molecule has 0 atom stereocenters. The van der Waals surface area contributed by atoms with E-state index in [1.54, 1.807) is 28.6 Å². The minimum atomic E-state index is -3.42. The van der Waals surface area contributed by atoms with Crippen LogP contribution in [0.2, 0.25) is 5.02 Å². The molecular formula is C18H30ClNO2S. The number of hydrogen-bond acceptors (Lipinski definition) is 2. The second-order valence-electron chi connectivity index (χ2n) is 5.98. The van der Waals surface area contributed by atoms with Crippen LogP contribution >= 0.6 is 11.6 Å². The zero-order valence-corrected chi connectivity index (χ0v) is 16.0. The van der Waals surface area contributed by atoms with Crippen molar-refractivity contribution in [3.63, 3.8) is 0 Å². The van der Waals surface area contributed by atoms with Crippen LogP contribution in [-0.4, -0.2) is 25.8 Å². The molecule has 0 N–H and O–H groups in total. The molecule has 0 aliphatic carbocycles. The Morgan fingerprint density at radius 3 is 1.74 bits per heavy atom. The summed E-state index contributed by atoms with van der Waals surface area (Å²) in [6.45, 7) is 5.54. The molecule has 0 aliphatic heterocycles. The van der Waals surface area contributed by atoms with Crippen LogP contribution in [0.1, 0.15) is 65.2 Å². The van der Waals surface area contributed by atoms with Gasteiger partial charge >= 0.3 is 0 Å². The number of halogens is 1. The maximum atomic E-state index is 12.9. The summed E-state index contributed by atoms with van der Waals surface area (Å²) in [4.78, 5) is 0.341. The monoisotopic (exact) mass is 359 g/mol. The molecule has 0 amide bonds. The molecule has 0 aromatic heterocycles. The van der Waals surface area contributed by atoms with Crippen LogP contribution in [-0.2, 0) is 10.0 Å². The lowest BCUT2D eigenvalue weighted by Crippen LogP contribution is -2.33. The number of benzene rings is 1. The molecular weight excluding hydrogens is 330 g/mol. The summed E-state index contributed by atoms with van der Waals surface area (Å²) in [6, 6.07) is 6.48. The molecule has 1 aromatic rings. The highest BCUT2D eigenvalue weighted by molar-refractivity contribution is 7.89. The highest BCUT2D eigenvalue weighted by atomic mass is 35.5. The highest BCUT2D eigenvalue weighted by Gasteiger charge is 2.23. The van der Waals surface area contributed by atoms with Crippen LogP contribution in [0.3, 0.4) is 0 Å². The van der Waals surface area contributed by atoms with E-state index in [1.165, 1.54) is 0 Å². The van der Waals surface area contributed by atoms with Crippen molar-refractivity contribution in [1.82, 2.24) is 4.31 Å². The lowest BCUT2D eigenvalue weighted by molar-refractivity contribution is 0.385. The maximum Gasteiger partial charge on any atom is 0.243 e. The van der Waals surface area contributed by atoms with Gasteiger partial charge in [0.25, 0.3) is 0 Å². The molecule has 0 bridgehead atoms. The molecule has 0 spiro atoms. The summed E-state index contributed by atoms with van der Waals surface area (Å²) in [5.41, 5.74) is 0. The van der Waals surface area contributed by atoms with Crippen LogP contribution in [0.15, 0.2) is 29.2 Å². The van der Waals surface area contributed by atoms with E-state index >= 15 is 0 Å². The van der Waals surface area contributed by atoms with Gasteiger partial charge in [-0.15, -0.1) is 0 Å². The first kappa shape index (κ1) is 20.5. The Labute approximate surface area is 147 Å². The Hall–Kier alpha value is -0.580. The van der Waals surface area contributed by atoms with Gasteiger partial charge in [-0.2, -0.15) is 4.31 Å². The van der Waals surface area contributed by atoms with Gasteiger partial charge in [-0.05, 0) is 37.1 Å². The van der Waals surface area contributed by atoms with Crippen molar-refractivity contribution in [1.29, 1.82) is 0 Å². The molecule has 3 nitrogen and oxygen atoms in total. The van der Waals surface area contributed by atoms with E-state index in [0.717, 1.165) is 51.4 Å². The van der Waals surface area contributed by atoms with Gasteiger partial charge in [-0.3, -0.25) is 0 Å². The van der Waals surface area contributed by atoms with E-state index in [-0.39, 0.29) is 0 Å². The lowest BCUT2D eigenvalue weighted by Gasteiger charge is -2.22. The van der Waals surface area contributed by atoms with Crippen molar-refractivity contribution in [3.05, 3.63) is 29.3 Å². The molecule has 0 fully saturated rings. The molecule has 23 heavy (non-hydrogen) atoms. The summed E-state index contributed by atoms with van der Waals surface area (Å²) in [5, 5.41) is 0.557. The smallest absolute Gasteiger partial charge is 0.207 e. The fourth-order valence-electron chi connectivity index (χ4n) is 2.54. The molecule has 0 saturated heterocycles. The van der Waals surface area contributed by atoms with Crippen LogP contribution in [0, 0.1) is 0 Å². The van der Waals surface area contributed by atoms with Crippen molar-refractivity contribution in [2.75, 3.05) is 13.1 Å². The van der Waals surface area contributed by atoms with E-state index in [0.29, 0.717) is 23.0 Å². The molecule has 1 aromatic carbocycles. The molecule has 132 valence electrons. The third-order valence-electron chi connectivity index (χ3n) is 3.97. The van der Waals surface area contributed by atoms with Gasteiger partial charge in [-0.25, -0.2) is 8.42 Å². The van der Waals surface area contributed by atoms with Crippen molar-refractivity contribution < 1.29 is 8.42 Å². The zero-order chi connectivity index (χ0) is 17.1. The van der Waals surface area contributed by atoms with Crippen LogP contribution in [0.25, 0.3) is 0 Å². The first-order valence-electron chi connectivity index (χ1n) is 8.78. The standard InChI is InChI=1S/C18H30ClNO2S/c1-3-5-7-9-15-20(16-10-8-6-4-2)23(21,22)18-13-11-17(19)12-14-18/h11-14H,3-10,15-16H2,1-2H3. The Bertz CT molecular complexity index is 516. The summed E-state index contributed by atoms with van der Waals surface area (Å²) < 4.78 is 27.4. The second kappa shape index (κ2) is 11.1. The van der Waals surface area contributed by atoms with Gasteiger partial charge in [0.05, 0.1) is 4.90 Å². The third kappa shape index (κ3) is 7.23. The number of hydrogen-bond donors (Lipinski definition) is 0. The Kier molecular flexibility index (Phi) is 9.84. The Morgan fingerprint density at radius 2 is 1.30 bits per heavy atom. The Balaban J connectivity index is 2.76. The zero-order valence-electron chi connectivity index (χ0n) is 14.4. The van der Waals surface area contributed by atoms with E-state index in [4.69, 9.17) is 11.6 Å². The quantitative estimate of drug-likeness (QED) is 0.462. The first-order chi connectivity index (χ1) is 11.0. The van der Waals surface area contributed by atoms with Crippen LogP contribution in [0.5, 0.6) is 0 Å². The SMILES string of the molecule is CCCCCCN(CCCCCC)S(=O)(=O)c1ccc(Cl)cc1. The van der Waals surface area contributed by atoms with E-state index in [2.05, 4.69) is 13.8 Å². The average Bonchev–Trinajstić information content (AvgIpc) is 2.53. The molecule has 5 heteroatoms. The number of sulfonamides is 1. The number of nitrogens with zero attached hydrogens (tertiary/aromatic N) is 1. The molecule has 0 aliphatic rings. The minimum absolute atomic E-state index is 0.341. The van der Waals surface area contributed by atoms with Gasteiger partial charge in [0.1, 0.15) is 0 Å². The van der Waals surface area contributed by atoms with E-state index in [9.17, 15) is 8.42 Å². The summed E-state index contributed by atoms with van der Waals surface area (Å²) >= 11 is 5.87. The number of unbranched alkanes of at least 4 members (excludes halogenated alkanes) is 6. The predicted octanol–water partition coefficient (Wildman–Crippen LogP) is 5.49. The number of rotatable bonds is 12. The molecule has 0 saturated carbocycles. The van der Waals surface area contributed by atoms with Gasteiger partial charge in [0.2, 0.25) is 10.0 Å². The van der Waals surface area contributed by atoms with Crippen LogP contribution in [0.4, 0.5) is 0 Å². The largest absolute Gasteiger partial charge is 0.243 e. The predicted molar refractivity (Wildman–Crippen MR) is 98.5 cm³/mol. The Morgan fingerprint density at radius 1 is 0.826 bits per heavy atom. The first-order valence-corrected chi connectivity index (χ1v) is 10.6. The topological polar surface area (TPSA) is 37.4 Å². The second-order valence-corrected chi connectivity index (χ2v) is 8.35. The summed E-state index contributed by atoms with van der Waals surface area (Å²) in [5.74, 6) is 0. The van der Waals surface area contributed by atoms with Crippen molar-refractivity contribution in [3.8, 4) is 0 Å². The molecule has 0 unspecified atom stereocenters. The molecule has 0 heterocycles. The average molecular weight is 360 g/mol. The highest BCUT2D eigenvalue weighted by Crippen LogP contribution is 2.20. The van der Waals surface area contributed by atoms with E-state index in [1.807, 2.05) is 0 Å². The van der Waals surface area contributed by atoms with Crippen molar-refractivity contribution in [2.24, 2.45) is 0 Å². The minimum Gasteiger partial charge on any atom is -0.207 e. The fraction of sp³-hybridized carbons (Fsp3) is 0.667. The van der Waals surface area contributed by atoms with Gasteiger partial charge < -0.3 is 0 Å². The van der Waals surface area contributed by atoms with Gasteiger partial charge in [-0.1, -0.05) is 64.0 Å². The lowest BCUT2D eigenvalue weighted by atomic mass is 10.2. The van der Waals surface area contributed by atoms with Gasteiger partial charge in [0, 0.05) is 18.1 Å². The maximum absolute atomic E-state index is 12.9.